The fourth-order valence-electron chi connectivity index (χ4n) is 3.77. The molecule has 2 aromatic heterocycles. The van der Waals surface area contributed by atoms with Crippen molar-refractivity contribution in [3.8, 4) is 0 Å². The number of allylic oxidation sites excluding steroid dienone is 2. The first-order valence-electron chi connectivity index (χ1n) is 8.07. The van der Waals surface area contributed by atoms with E-state index in [9.17, 15) is 0 Å². The lowest BCUT2D eigenvalue weighted by Crippen LogP contribution is -2.51. The number of fused-ring (bicyclic) bond motifs is 3. The van der Waals surface area contributed by atoms with Crippen LogP contribution in [0, 0.1) is 0 Å². The van der Waals surface area contributed by atoms with Gasteiger partial charge in [0.25, 0.3) is 0 Å². The summed E-state index contributed by atoms with van der Waals surface area (Å²) in [7, 11) is 0. The average molecular weight is 310 g/mol. The van der Waals surface area contributed by atoms with Crippen LogP contribution < -0.4 is 21.7 Å². The van der Waals surface area contributed by atoms with Gasteiger partial charge in [-0.25, -0.2) is 4.52 Å². The molecule has 0 radical (unpaired) electrons. The molecule has 2 aliphatic rings. The molecular weight excluding hydrogens is 288 g/mol. The van der Waals surface area contributed by atoms with E-state index >= 15 is 0 Å². The molecule has 6 nitrogen and oxygen atoms in total. The summed E-state index contributed by atoms with van der Waals surface area (Å²) in [5.41, 5.74) is 15.5. The molecule has 23 heavy (non-hydrogen) atoms. The van der Waals surface area contributed by atoms with Crippen molar-refractivity contribution >= 4 is 16.8 Å². The molecule has 2 atom stereocenters. The van der Waals surface area contributed by atoms with E-state index in [1.54, 1.807) is 12.3 Å². The predicted molar refractivity (Wildman–Crippen MR) is 92.8 cm³/mol. The van der Waals surface area contributed by atoms with E-state index in [0.717, 1.165) is 29.7 Å². The van der Waals surface area contributed by atoms with E-state index in [4.69, 9.17) is 11.5 Å². The zero-order valence-electron chi connectivity index (χ0n) is 13.0. The van der Waals surface area contributed by atoms with Crippen molar-refractivity contribution in [2.75, 3.05) is 18.0 Å². The van der Waals surface area contributed by atoms with Crippen LogP contribution in [0.15, 0.2) is 43.0 Å². The third-order valence-electron chi connectivity index (χ3n) is 4.83. The van der Waals surface area contributed by atoms with Gasteiger partial charge in [0, 0.05) is 54.9 Å². The summed E-state index contributed by atoms with van der Waals surface area (Å²) in [4.78, 5) is 2.48. The van der Waals surface area contributed by atoms with Gasteiger partial charge in [0.2, 0.25) is 0 Å². The predicted octanol–water partition coefficient (Wildman–Crippen LogP) is 1.05. The summed E-state index contributed by atoms with van der Waals surface area (Å²) < 4.78 is 1.92. The molecule has 2 fully saturated rings. The number of nitrogens with zero attached hydrogens (tertiary/aromatic N) is 3. The Bertz CT molecular complexity index is 762. The molecule has 5 N–H and O–H groups in total. The largest absolute Gasteiger partial charge is 0.405 e. The summed E-state index contributed by atoms with van der Waals surface area (Å²) in [5, 5.41) is 8.11. The molecule has 120 valence electrons. The van der Waals surface area contributed by atoms with Gasteiger partial charge in [-0.1, -0.05) is 0 Å². The number of rotatable bonds is 3. The molecule has 2 aliphatic heterocycles. The SMILES string of the molecule is N/C=C\C(=C/N)c1cc2c(N3CC4CCC(C3)N4)ccnn2c1. The summed E-state index contributed by atoms with van der Waals surface area (Å²) in [6.45, 7) is 2.11. The minimum atomic E-state index is 0.607. The first kappa shape index (κ1) is 14.1. The molecule has 0 spiro atoms. The summed E-state index contributed by atoms with van der Waals surface area (Å²) in [6, 6.07) is 5.45. The molecule has 0 aromatic carbocycles. The molecular formula is C17H22N6. The topological polar surface area (TPSA) is 84.6 Å². The highest BCUT2D eigenvalue weighted by atomic mass is 15.3. The van der Waals surface area contributed by atoms with Gasteiger partial charge in [-0.15, -0.1) is 0 Å². The Labute approximate surface area is 135 Å². The normalized spacial score (nSPS) is 24.9. The Hall–Kier alpha value is -2.47. The maximum Gasteiger partial charge on any atom is 0.0886 e. The van der Waals surface area contributed by atoms with Crippen molar-refractivity contribution in [3.05, 3.63) is 48.6 Å². The maximum atomic E-state index is 5.72. The van der Waals surface area contributed by atoms with E-state index < -0.39 is 0 Å². The van der Waals surface area contributed by atoms with Gasteiger partial charge >= 0.3 is 0 Å². The second-order valence-corrected chi connectivity index (χ2v) is 6.30. The van der Waals surface area contributed by atoms with Crippen LogP contribution in [0.3, 0.4) is 0 Å². The number of piperazine rings is 1. The van der Waals surface area contributed by atoms with Crippen molar-refractivity contribution in [2.24, 2.45) is 11.5 Å². The van der Waals surface area contributed by atoms with Gasteiger partial charge in [-0.3, -0.25) is 0 Å². The first-order valence-corrected chi connectivity index (χ1v) is 8.07. The van der Waals surface area contributed by atoms with Crippen LogP contribution in [-0.2, 0) is 0 Å². The van der Waals surface area contributed by atoms with Crippen LogP contribution in [0.5, 0.6) is 0 Å². The molecule has 4 rings (SSSR count). The average Bonchev–Trinajstić information content (AvgIpc) is 3.15. The minimum Gasteiger partial charge on any atom is -0.405 e. The lowest BCUT2D eigenvalue weighted by molar-refractivity contribution is 0.466. The van der Waals surface area contributed by atoms with Gasteiger partial charge < -0.3 is 21.7 Å². The third-order valence-corrected chi connectivity index (χ3v) is 4.83. The molecule has 2 saturated heterocycles. The number of hydrogen-bond acceptors (Lipinski definition) is 5. The molecule has 2 bridgehead atoms. The fourth-order valence-corrected chi connectivity index (χ4v) is 3.77. The monoisotopic (exact) mass is 310 g/mol. The van der Waals surface area contributed by atoms with E-state index in [1.165, 1.54) is 24.7 Å². The van der Waals surface area contributed by atoms with Crippen LogP contribution in [0.25, 0.3) is 11.1 Å². The van der Waals surface area contributed by atoms with Crippen LogP contribution in [-0.4, -0.2) is 34.8 Å². The lowest BCUT2D eigenvalue weighted by atomic mass is 10.1. The Morgan fingerprint density at radius 3 is 2.74 bits per heavy atom. The molecule has 0 aliphatic carbocycles. The number of anilines is 1. The number of aromatic nitrogens is 2. The standard InChI is InChI=1S/C17H22N6/c18-5-3-12(8-19)13-7-17-16(4-6-20-23(17)9-13)22-10-14-1-2-15(11-22)21-14/h3-9,14-15,21H,1-2,10-11,18-19H2/b5-3-,12-8+. The quantitative estimate of drug-likeness (QED) is 0.738. The van der Waals surface area contributed by atoms with E-state index in [2.05, 4.69) is 27.4 Å². The highest BCUT2D eigenvalue weighted by Crippen LogP contribution is 2.30. The van der Waals surface area contributed by atoms with Crippen LogP contribution in [0.2, 0.25) is 0 Å². The van der Waals surface area contributed by atoms with Crippen molar-refractivity contribution < 1.29 is 0 Å². The Morgan fingerprint density at radius 2 is 2.04 bits per heavy atom. The molecule has 2 unspecified atom stereocenters. The fraction of sp³-hybridized carbons (Fsp3) is 0.353. The molecule has 4 heterocycles. The third kappa shape index (κ3) is 2.45. The number of nitrogens with one attached hydrogen (secondary N) is 1. The second-order valence-electron chi connectivity index (χ2n) is 6.30. The highest BCUT2D eigenvalue weighted by molar-refractivity contribution is 5.81. The van der Waals surface area contributed by atoms with E-state index in [0.29, 0.717) is 12.1 Å². The van der Waals surface area contributed by atoms with Gasteiger partial charge in [0.15, 0.2) is 0 Å². The van der Waals surface area contributed by atoms with E-state index in [1.807, 2.05) is 16.9 Å². The van der Waals surface area contributed by atoms with Gasteiger partial charge in [0.05, 0.1) is 11.2 Å². The van der Waals surface area contributed by atoms with E-state index in [-0.39, 0.29) is 0 Å². The Kier molecular flexibility index (Phi) is 3.46. The Morgan fingerprint density at radius 1 is 1.26 bits per heavy atom. The van der Waals surface area contributed by atoms with Crippen LogP contribution >= 0.6 is 0 Å². The lowest BCUT2D eigenvalue weighted by Gasteiger charge is -2.34. The Balaban J connectivity index is 1.74. The van der Waals surface area contributed by atoms with Crippen molar-refractivity contribution in [1.82, 2.24) is 14.9 Å². The zero-order chi connectivity index (χ0) is 15.8. The highest BCUT2D eigenvalue weighted by Gasteiger charge is 2.32. The van der Waals surface area contributed by atoms with Crippen molar-refractivity contribution in [1.29, 1.82) is 0 Å². The molecule has 2 aromatic rings. The summed E-state index contributed by atoms with van der Waals surface area (Å²) in [5.74, 6) is 0. The van der Waals surface area contributed by atoms with Crippen molar-refractivity contribution in [3.63, 3.8) is 0 Å². The molecule has 0 saturated carbocycles. The number of hydrogen-bond donors (Lipinski definition) is 3. The first-order chi connectivity index (χ1) is 11.3. The van der Waals surface area contributed by atoms with Crippen molar-refractivity contribution in [2.45, 2.75) is 24.9 Å². The van der Waals surface area contributed by atoms with Gasteiger partial charge in [-0.2, -0.15) is 5.10 Å². The van der Waals surface area contributed by atoms with Gasteiger partial charge in [0.1, 0.15) is 0 Å². The summed E-state index contributed by atoms with van der Waals surface area (Å²) in [6.07, 6.45) is 11.3. The molecule has 6 heteroatoms. The molecule has 0 amide bonds. The van der Waals surface area contributed by atoms with Crippen LogP contribution in [0.1, 0.15) is 18.4 Å². The maximum absolute atomic E-state index is 5.72. The second kappa shape index (κ2) is 5.62. The van der Waals surface area contributed by atoms with Crippen LogP contribution in [0.4, 0.5) is 5.69 Å². The minimum absolute atomic E-state index is 0.607. The zero-order valence-corrected chi connectivity index (χ0v) is 13.0. The number of nitrogens with two attached hydrogens (primary N) is 2. The van der Waals surface area contributed by atoms with Gasteiger partial charge in [-0.05, 0) is 37.3 Å². The summed E-state index contributed by atoms with van der Waals surface area (Å²) >= 11 is 0. The smallest absolute Gasteiger partial charge is 0.0886 e.